The van der Waals surface area contributed by atoms with Crippen LogP contribution in [-0.4, -0.2) is 59.7 Å². The van der Waals surface area contributed by atoms with E-state index in [0.29, 0.717) is 18.7 Å². The molecule has 1 saturated carbocycles. The molecule has 0 bridgehead atoms. The third kappa shape index (κ3) is 6.12. The quantitative estimate of drug-likeness (QED) is 0.562. The lowest BCUT2D eigenvalue weighted by Gasteiger charge is -2.25. The third-order valence-electron chi connectivity index (χ3n) is 5.71. The summed E-state index contributed by atoms with van der Waals surface area (Å²) in [7, 11) is -3.58. The SMILES string of the molecule is O=C(CSc1nnc(-c2cccc(S(=O)(=O)N3CCCCC3)c2)o1)NC(=O)NC1CCCC1. The minimum absolute atomic E-state index is 0.0664. The van der Waals surface area contributed by atoms with Gasteiger partial charge in [0.25, 0.3) is 5.22 Å². The maximum atomic E-state index is 12.9. The molecule has 3 amide bonds. The lowest BCUT2D eigenvalue weighted by molar-refractivity contribution is -0.117. The van der Waals surface area contributed by atoms with Crippen molar-refractivity contribution in [1.29, 1.82) is 0 Å². The number of thioether (sulfide) groups is 1. The Labute approximate surface area is 196 Å². The van der Waals surface area contributed by atoms with Gasteiger partial charge in [0.2, 0.25) is 21.8 Å². The summed E-state index contributed by atoms with van der Waals surface area (Å²) >= 11 is 1.00. The zero-order chi connectivity index (χ0) is 23.3. The standard InChI is InChI=1S/C21H27N5O5S2/c27-18(23-20(28)22-16-8-2-3-9-16)14-32-21-25-24-19(31-21)15-7-6-10-17(13-15)33(29,30)26-11-4-1-5-12-26/h6-7,10,13,16H,1-5,8-9,11-12,14H2,(H2,22,23,27,28). The van der Waals surface area contributed by atoms with Crippen LogP contribution in [0.5, 0.6) is 0 Å². The van der Waals surface area contributed by atoms with Crippen LogP contribution in [-0.2, 0) is 14.8 Å². The Morgan fingerprint density at radius 2 is 1.85 bits per heavy atom. The highest BCUT2D eigenvalue weighted by molar-refractivity contribution is 7.99. The molecule has 2 heterocycles. The predicted octanol–water partition coefficient (Wildman–Crippen LogP) is 2.77. The average molecular weight is 494 g/mol. The van der Waals surface area contributed by atoms with Gasteiger partial charge < -0.3 is 9.73 Å². The van der Waals surface area contributed by atoms with Gasteiger partial charge in [-0.05, 0) is 43.9 Å². The summed E-state index contributed by atoms with van der Waals surface area (Å²) < 4.78 is 33.0. The molecule has 0 unspecified atom stereocenters. The predicted molar refractivity (Wildman–Crippen MR) is 122 cm³/mol. The zero-order valence-electron chi connectivity index (χ0n) is 18.2. The molecule has 33 heavy (non-hydrogen) atoms. The molecule has 1 aromatic heterocycles. The first kappa shape index (κ1) is 23.7. The van der Waals surface area contributed by atoms with Gasteiger partial charge in [0.1, 0.15) is 0 Å². The van der Waals surface area contributed by atoms with Crippen LogP contribution in [0.1, 0.15) is 44.9 Å². The monoisotopic (exact) mass is 493 g/mol. The number of nitrogens with zero attached hydrogens (tertiary/aromatic N) is 3. The molecule has 2 aliphatic rings. The number of benzene rings is 1. The van der Waals surface area contributed by atoms with Crippen LogP contribution >= 0.6 is 11.8 Å². The van der Waals surface area contributed by atoms with Crippen molar-refractivity contribution in [3.63, 3.8) is 0 Å². The molecule has 2 fully saturated rings. The van der Waals surface area contributed by atoms with E-state index in [2.05, 4.69) is 20.8 Å². The molecule has 178 valence electrons. The first-order valence-electron chi connectivity index (χ1n) is 11.1. The topological polar surface area (TPSA) is 134 Å². The van der Waals surface area contributed by atoms with Gasteiger partial charge in [0, 0.05) is 24.7 Å². The van der Waals surface area contributed by atoms with Crippen LogP contribution in [0.3, 0.4) is 0 Å². The third-order valence-corrected chi connectivity index (χ3v) is 8.42. The van der Waals surface area contributed by atoms with Gasteiger partial charge in [-0.2, -0.15) is 4.31 Å². The number of imide groups is 1. The molecule has 1 aromatic carbocycles. The Morgan fingerprint density at radius 1 is 1.09 bits per heavy atom. The smallest absolute Gasteiger partial charge is 0.321 e. The number of carbonyl (C=O) groups is 2. The normalized spacial score (nSPS) is 17.7. The number of aromatic nitrogens is 2. The van der Waals surface area contributed by atoms with Crippen molar-refractivity contribution in [1.82, 2.24) is 25.1 Å². The van der Waals surface area contributed by atoms with Gasteiger partial charge in [-0.25, -0.2) is 13.2 Å². The molecule has 1 aliphatic carbocycles. The number of rotatable bonds is 7. The molecular formula is C21H27N5O5S2. The Bertz CT molecular complexity index is 1090. The molecule has 4 rings (SSSR count). The lowest BCUT2D eigenvalue weighted by atomic mass is 10.2. The van der Waals surface area contributed by atoms with Crippen LogP contribution in [0.25, 0.3) is 11.5 Å². The Morgan fingerprint density at radius 3 is 2.61 bits per heavy atom. The minimum Gasteiger partial charge on any atom is -0.411 e. The fourth-order valence-corrected chi connectivity index (χ4v) is 6.14. The number of amides is 3. The zero-order valence-corrected chi connectivity index (χ0v) is 19.8. The van der Waals surface area contributed by atoms with Crippen molar-refractivity contribution in [2.75, 3.05) is 18.8 Å². The van der Waals surface area contributed by atoms with Gasteiger partial charge >= 0.3 is 6.03 Å². The summed E-state index contributed by atoms with van der Waals surface area (Å²) in [5.74, 6) is -0.374. The average Bonchev–Trinajstić information content (AvgIpc) is 3.50. The summed E-state index contributed by atoms with van der Waals surface area (Å²) in [6.45, 7) is 1.04. The first-order chi connectivity index (χ1) is 15.9. The summed E-state index contributed by atoms with van der Waals surface area (Å²) in [4.78, 5) is 24.1. The lowest BCUT2D eigenvalue weighted by Crippen LogP contribution is -2.44. The molecule has 12 heteroatoms. The van der Waals surface area contributed by atoms with Gasteiger partial charge in [0.15, 0.2) is 0 Å². The van der Waals surface area contributed by atoms with Crippen LogP contribution in [0.15, 0.2) is 38.8 Å². The van der Waals surface area contributed by atoms with E-state index in [1.165, 1.54) is 10.4 Å². The number of carbonyl (C=O) groups excluding carboxylic acids is 2. The number of sulfonamides is 1. The van der Waals surface area contributed by atoms with Gasteiger partial charge in [-0.3, -0.25) is 10.1 Å². The van der Waals surface area contributed by atoms with Crippen LogP contribution in [0.2, 0.25) is 0 Å². The van der Waals surface area contributed by atoms with E-state index in [-0.39, 0.29) is 27.8 Å². The highest BCUT2D eigenvalue weighted by atomic mass is 32.2. The Kier molecular flexibility index (Phi) is 7.66. The highest BCUT2D eigenvalue weighted by Crippen LogP contribution is 2.27. The summed E-state index contributed by atoms with van der Waals surface area (Å²) in [5, 5.41) is 13.1. The number of nitrogens with one attached hydrogen (secondary N) is 2. The molecule has 2 N–H and O–H groups in total. The molecule has 0 radical (unpaired) electrons. The van der Waals surface area contributed by atoms with E-state index in [1.54, 1.807) is 18.2 Å². The van der Waals surface area contributed by atoms with Crippen LogP contribution in [0.4, 0.5) is 4.79 Å². The summed E-state index contributed by atoms with van der Waals surface area (Å²) in [6, 6.07) is 6.03. The van der Waals surface area contributed by atoms with Crippen molar-refractivity contribution in [2.24, 2.45) is 0 Å². The van der Waals surface area contributed by atoms with E-state index in [9.17, 15) is 18.0 Å². The highest BCUT2D eigenvalue weighted by Gasteiger charge is 2.26. The molecule has 0 atom stereocenters. The number of hydrogen-bond donors (Lipinski definition) is 2. The number of piperidine rings is 1. The maximum Gasteiger partial charge on any atom is 0.321 e. The second-order valence-electron chi connectivity index (χ2n) is 8.16. The number of urea groups is 1. The maximum absolute atomic E-state index is 12.9. The van der Waals surface area contributed by atoms with E-state index in [1.807, 2.05) is 0 Å². The van der Waals surface area contributed by atoms with E-state index < -0.39 is 22.0 Å². The van der Waals surface area contributed by atoms with Crippen molar-refractivity contribution in [3.05, 3.63) is 24.3 Å². The second-order valence-corrected chi connectivity index (χ2v) is 11.0. The van der Waals surface area contributed by atoms with Crippen LogP contribution in [0, 0.1) is 0 Å². The van der Waals surface area contributed by atoms with Crippen molar-refractivity contribution in [3.8, 4) is 11.5 Å². The first-order valence-corrected chi connectivity index (χ1v) is 13.5. The minimum atomic E-state index is -3.58. The van der Waals surface area contributed by atoms with E-state index in [4.69, 9.17) is 4.42 Å². The number of hydrogen-bond acceptors (Lipinski definition) is 8. The van der Waals surface area contributed by atoms with E-state index in [0.717, 1.165) is 56.7 Å². The molecule has 10 nitrogen and oxygen atoms in total. The fourth-order valence-electron chi connectivity index (χ4n) is 4.01. The summed E-state index contributed by atoms with van der Waals surface area (Å²) in [5.41, 5.74) is 0.479. The summed E-state index contributed by atoms with van der Waals surface area (Å²) in [6.07, 6.45) is 6.79. The van der Waals surface area contributed by atoms with Gasteiger partial charge in [0.05, 0.1) is 10.6 Å². The molecule has 1 saturated heterocycles. The largest absolute Gasteiger partial charge is 0.411 e. The Hall–Kier alpha value is -2.44. The van der Waals surface area contributed by atoms with Crippen molar-refractivity contribution < 1.29 is 22.4 Å². The molecule has 2 aromatic rings. The molecule has 1 aliphatic heterocycles. The Balaban J connectivity index is 1.34. The van der Waals surface area contributed by atoms with Gasteiger partial charge in [-0.15, -0.1) is 10.2 Å². The van der Waals surface area contributed by atoms with E-state index >= 15 is 0 Å². The van der Waals surface area contributed by atoms with Crippen molar-refractivity contribution in [2.45, 2.75) is 61.1 Å². The fraction of sp³-hybridized carbons (Fsp3) is 0.524. The molecule has 0 spiro atoms. The van der Waals surface area contributed by atoms with Crippen LogP contribution < -0.4 is 10.6 Å². The van der Waals surface area contributed by atoms with Gasteiger partial charge in [-0.1, -0.05) is 37.1 Å². The second kappa shape index (κ2) is 10.7. The van der Waals surface area contributed by atoms with Crippen molar-refractivity contribution >= 4 is 33.7 Å². The molecular weight excluding hydrogens is 466 g/mol.